The van der Waals surface area contributed by atoms with Gasteiger partial charge in [-0.15, -0.1) is 0 Å². The number of alkyl halides is 3. The number of rotatable bonds is 6. The van der Waals surface area contributed by atoms with Crippen molar-refractivity contribution in [2.45, 2.75) is 18.1 Å². The van der Waals surface area contributed by atoms with Gasteiger partial charge < -0.3 is 14.9 Å². The Hall–Kier alpha value is -5.45. The van der Waals surface area contributed by atoms with E-state index >= 15 is 0 Å². The second kappa shape index (κ2) is 10.8. The summed E-state index contributed by atoms with van der Waals surface area (Å²) in [5.41, 5.74) is 1.76. The van der Waals surface area contributed by atoms with Crippen LogP contribution < -0.4 is 5.32 Å². The molecule has 43 heavy (non-hydrogen) atoms. The number of benzene rings is 4. The zero-order valence-corrected chi connectivity index (χ0v) is 22.1. The molecule has 3 amide bonds. The quantitative estimate of drug-likeness (QED) is 0.277. The van der Waals surface area contributed by atoms with Gasteiger partial charge in [-0.25, -0.2) is 9.59 Å². The maximum Gasteiger partial charge on any atom is 0.416 e. The van der Waals surface area contributed by atoms with E-state index in [1.165, 1.54) is 30.3 Å². The van der Waals surface area contributed by atoms with Crippen molar-refractivity contribution in [2.75, 3.05) is 6.61 Å². The summed E-state index contributed by atoms with van der Waals surface area (Å²) in [6, 6.07) is 22.8. The van der Waals surface area contributed by atoms with E-state index in [-0.39, 0.29) is 28.7 Å². The van der Waals surface area contributed by atoms with Crippen LogP contribution in [0.1, 0.15) is 54.9 Å². The van der Waals surface area contributed by atoms with Gasteiger partial charge >= 0.3 is 18.2 Å². The molecule has 1 aliphatic carbocycles. The summed E-state index contributed by atoms with van der Waals surface area (Å²) in [5, 5.41) is 2.32. The molecule has 0 fully saturated rings. The summed E-state index contributed by atoms with van der Waals surface area (Å²) in [5.74, 6) is -3.81. The topological polar surface area (TPSA) is 102 Å². The van der Waals surface area contributed by atoms with Crippen molar-refractivity contribution in [3.05, 3.63) is 130 Å². The summed E-state index contributed by atoms with van der Waals surface area (Å²) in [7, 11) is 0. The molecule has 1 unspecified atom stereocenters. The predicted molar refractivity (Wildman–Crippen MR) is 145 cm³/mol. The fraction of sp³-hybridized carbons (Fsp3) is 0.125. The molecule has 1 N–H and O–H groups in total. The average molecular weight is 587 g/mol. The molecular formula is C32H21F3N2O6. The van der Waals surface area contributed by atoms with Crippen LogP contribution in [0.25, 0.3) is 11.1 Å². The lowest BCUT2D eigenvalue weighted by Crippen LogP contribution is -2.41. The Bertz CT molecular complexity index is 1710. The Morgan fingerprint density at radius 3 is 1.79 bits per heavy atom. The lowest BCUT2D eigenvalue weighted by atomic mass is 9.98. The first kappa shape index (κ1) is 27.7. The van der Waals surface area contributed by atoms with E-state index in [2.05, 4.69) is 5.32 Å². The van der Waals surface area contributed by atoms with Gasteiger partial charge in [0, 0.05) is 5.92 Å². The number of carbonyl (C=O) groups is 4. The molecule has 8 nitrogen and oxygen atoms in total. The average Bonchev–Trinajstić information content (AvgIpc) is 3.45. The zero-order valence-electron chi connectivity index (χ0n) is 22.1. The third-order valence-corrected chi connectivity index (χ3v) is 7.36. The maximum absolute atomic E-state index is 13.9. The number of hydrogen-bond acceptors (Lipinski definition) is 6. The normalized spacial score (nSPS) is 14.5. The Morgan fingerprint density at radius 2 is 1.23 bits per heavy atom. The van der Waals surface area contributed by atoms with Gasteiger partial charge in [-0.3, -0.25) is 9.59 Å². The molecule has 1 atom stereocenters. The number of fused-ring (bicyclic) bond motifs is 4. The molecular weight excluding hydrogens is 565 g/mol. The first-order chi connectivity index (χ1) is 20.6. The van der Waals surface area contributed by atoms with Crippen LogP contribution in [0.5, 0.6) is 0 Å². The predicted octanol–water partition coefficient (Wildman–Crippen LogP) is 6.04. The monoisotopic (exact) mass is 586 g/mol. The number of nitrogens with zero attached hydrogens (tertiary/aromatic N) is 1. The number of alkyl carbamates (subject to hydrolysis) is 1. The van der Waals surface area contributed by atoms with Gasteiger partial charge in [-0.1, -0.05) is 83.9 Å². The van der Waals surface area contributed by atoms with E-state index in [4.69, 9.17) is 9.57 Å². The minimum Gasteiger partial charge on any atom is -0.449 e. The van der Waals surface area contributed by atoms with E-state index < -0.39 is 47.2 Å². The Kier molecular flexibility index (Phi) is 6.93. The van der Waals surface area contributed by atoms with Gasteiger partial charge in [-0.2, -0.15) is 13.2 Å². The second-order valence-electron chi connectivity index (χ2n) is 9.85. The van der Waals surface area contributed by atoms with Gasteiger partial charge in [0.1, 0.15) is 6.61 Å². The van der Waals surface area contributed by atoms with E-state index in [9.17, 15) is 32.3 Å². The number of halogens is 3. The van der Waals surface area contributed by atoms with Gasteiger partial charge in [0.25, 0.3) is 11.8 Å². The third kappa shape index (κ3) is 4.99. The molecule has 0 radical (unpaired) electrons. The Morgan fingerprint density at radius 1 is 0.744 bits per heavy atom. The van der Waals surface area contributed by atoms with Crippen LogP contribution in [-0.2, 0) is 20.5 Å². The van der Waals surface area contributed by atoms with Gasteiger partial charge in [0.2, 0.25) is 0 Å². The highest BCUT2D eigenvalue weighted by Crippen LogP contribution is 2.44. The Balaban J connectivity index is 1.26. The molecule has 0 saturated heterocycles. The van der Waals surface area contributed by atoms with Crippen LogP contribution in [0.4, 0.5) is 18.0 Å². The second-order valence-corrected chi connectivity index (χ2v) is 9.85. The van der Waals surface area contributed by atoms with Crippen molar-refractivity contribution in [1.82, 2.24) is 10.4 Å². The molecule has 216 valence electrons. The SMILES string of the molecule is O=C(NC(C(=O)ON1C(=O)c2ccccc2C1=O)c1ccccc1C(F)(F)F)OCC1c2ccccc2-c2ccccc21. The number of imide groups is 1. The van der Waals surface area contributed by atoms with Crippen molar-refractivity contribution >= 4 is 23.9 Å². The molecule has 6 rings (SSSR count). The third-order valence-electron chi connectivity index (χ3n) is 7.36. The molecule has 0 saturated carbocycles. The summed E-state index contributed by atoms with van der Waals surface area (Å²) in [4.78, 5) is 56.9. The van der Waals surface area contributed by atoms with E-state index in [0.717, 1.165) is 40.5 Å². The van der Waals surface area contributed by atoms with Crippen LogP contribution in [-0.4, -0.2) is 35.5 Å². The summed E-state index contributed by atoms with van der Waals surface area (Å²) in [6.45, 7) is -0.180. The van der Waals surface area contributed by atoms with Crippen molar-refractivity contribution in [3.63, 3.8) is 0 Å². The fourth-order valence-corrected chi connectivity index (χ4v) is 5.42. The van der Waals surface area contributed by atoms with Crippen LogP contribution in [0.3, 0.4) is 0 Å². The molecule has 0 aromatic heterocycles. The smallest absolute Gasteiger partial charge is 0.416 e. The van der Waals surface area contributed by atoms with Crippen molar-refractivity contribution in [1.29, 1.82) is 0 Å². The van der Waals surface area contributed by atoms with Crippen molar-refractivity contribution in [2.24, 2.45) is 0 Å². The molecule has 1 heterocycles. The van der Waals surface area contributed by atoms with Crippen LogP contribution in [0.2, 0.25) is 0 Å². The highest BCUT2D eigenvalue weighted by molar-refractivity contribution is 6.21. The molecule has 1 aliphatic heterocycles. The van der Waals surface area contributed by atoms with Crippen LogP contribution >= 0.6 is 0 Å². The molecule has 0 bridgehead atoms. The minimum absolute atomic E-state index is 0.0444. The number of carbonyl (C=O) groups excluding carboxylic acids is 4. The number of hydroxylamine groups is 2. The molecule has 0 spiro atoms. The Labute approximate surface area is 242 Å². The standard InChI is InChI=1S/C32H21F3N2O6/c33-32(34,35)26-16-8-7-15-24(26)27(30(40)43-37-28(38)22-13-5-6-14-23(22)29(37)39)36-31(41)42-17-25-20-11-3-1-9-18(20)19-10-2-4-12-21(19)25/h1-16,25,27H,17H2,(H,36,41). The fourth-order valence-electron chi connectivity index (χ4n) is 5.42. The largest absolute Gasteiger partial charge is 0.449 e. The van der Waals surface area contributed by atoms with E-state index in [0.29, 0.717) is 0 Å². The molecule has 11 heteroatoms. The van der Waals surface area contributed by atoms with Gasteiger partial charge in [-0.05, 0) is 46.0 Å². The summed E-state index contributed by atoms with van der Waals surface area (Å²) >= 11 is 0. The number of ether oxygens (including phenoxy) is 1. The summed E-state index contributed by atoms with van der Waals surface area (Å²) < 4.78 is 47.3. The van der Waals surface area contributed by atoms with Crippen LogP contribution in [0.15, 0.2) is 97.1 Å². The lowest BCUT2D eigenvalue weighted by Gasteiger charge is -2.23. The van der Waals surface area contributed by atoms with Crippen molar-refractivity contribution in [3.8, 4) is 11.1 Å². The van der Waals surface area contributed by atoms with Crippen LogP contribution in [0, 0.1) is 0 Å². The highest BCUT2D eigenvalue weighted by atomic mass is 19.4. The van der Waals surface area contributed by atoms with Crippen molar-refractivity contribution < 1.29 is 41.9 Å². The maximum atomic E-state index is 13.9. The van der Waals surface area contributed by atoms with E-state index in [1.54, 1.807) is 0 Å². The zero-order chi connectivity index (χ0) is 30.3. The lowest BCUT2D eigenvalue weighted by molar-refractivity contribution is -0.171. The first-order valence-corrected chi connectivity index (χ1v) is 13.1. The van der Waals surface area contributed by atoms with Gasteiger partial charge in [0.15, 0.2) is 6.04 Å². The molecule has 4 aromatic carbocycles. The summed E-state index contributed by atoms with van der Waals surface area (Å²) in [6.07, 6.45) is -6.11. The number of amides is 3. The van der Waals surface area contributed by atoms with E-state index in [1.807, 2.05) is 48.5 Å². The number of nitrogens with one attached hydrogen (secondary N) is 1. The number of hydrogen-bond donors (Lipinski definition) is 1. The first-order valence-electron chi connectivity index (χ1n) is 13.1. The molecule has 4 aromatic rings. The highest BCUT2D eigenvalue weighted by Gasteiger charge is 2.43. The molecule has 2 aliphatic rings. The minimum atomic E-state index is -4.91. The van der Waals surface area contributed by atoms with Gasteiger partial charge in [0.05, 0.1) is 16.7 Å².